The molecule has 0 unspecified atom stereocenters. The Bertz CT molecular complexity index is 1010. The number of amides is 1. The number of nitrogens with zero attached hydrogens (tertiary/aromatic N) is 2. The molecule has 1 aliphatic heterocycles. The molecule has 0 aliphatic carbocycles. The summed E-state index contributed by atoms with van der Waals surface area (Å²) in [6.07, 6.45) is 0. The second kappa shape index (κ2) is 7.54. The number of carbonyl (C=O) groups excluding carboxylic acids is 1. The van der Waals surface area contributed by atoms with E-state index in [1.54, 1.807) is 0 Å². The zero-order valence-corrected chi connectivity index (χ0v) is 16.4. The molecule has 3 aromatic rings. The van der Waals surface area contributed by atoms with Crippen LogP contribution in [-0.2, 0) is 11.3 Å². The molecule has 2 heterocycles. The maximum absolute atomic E-state index is 12.9. The van der Waals surface area contributed by atoms with Crippen molar-refractivity contribution < 1.29 is 14.3 Å². The Morgan fingerprint density at radius 1 is 1.14 bits per heavy atom. The largest absolute Gasteiger partial charge is 0.486 e. The van der Waals surface area contributed by atoms with E-state index in [0.717, 1.165) is 33.9 Å². The van der Waals surface area contributed by atoms with E-state index in [4.69, 9.17) is 9.47 Å². The minimum absolute atomic E-state index is 0.0418. The van der Waals surface area contributed by atoms with E-state index in [9.17, 15) is 4.79 Å². The zero-order valence-electron chi connectivity index (χ0n) is 16.4. The number of nitrogens with one attached hydrogen (secondary N) is 1. The lowest BCUT2D eigenvalue weighted by molar-refractivity contribution is -0.122. The maximum Gasteiger partial charge on any atom is 0.240 e. The number of aromatic nitrogens is 2. The summed E-state index contributed by atoms with van der Waals surface area (Å²) in [6, 6.07) is 13.6. The van der Waals surface area contributed by atoms with Crippen LogP contribution in [0.2, 0.25) is 0 Å². The Morgan fingerprint density at radius 3 is 2.68 bits per heavy atom. The molecule has 1 N–H and O–H groups in total. The number of para-hydroxylation sites is 2. The Balaban J connectivity index is 1.55. The van der Waals surface area contributed by atoms with Crippen LogP contribution < -0.4 is 14.8 Å². The molecule has 4 rings (SSSR count). The van der Waals surface area contributed by atoms with Gasteiger partial charge in [-0.25, -0.2) is 4.98 Å². The molecule has 28 heavy (non-hydrogen) atoms. The van der Waals surface area contributed by atoms with Gasteiger partial charge < -0.3 is 19.4 Å². The molecule has 1 atom stereocenters. The van der Waals surface area contributed by atoms with Gasteiger partial charge in [-0.3, -0.25) is 4.79 Å². The van der Waals surface area contributed by atoms with Crippen LogP contribution in [0.15, 0.2) is 42.5 Å². The van der Waals surface area contributed by atoms with Crippen molar-refractivity contribution in [2.75, 3.05) is 13.2 Å². The van der Waals surface area contributed by atoms with Gasteiger partial charge >= 0.3 is 0 Å². The third-order valence-corrected chi connectivity index (χ3v) is 5.06. The first-order valence-electron chi connectivity index (χ1n) is 9.63. The number of ether oxygens (including phenoxy) is 2. The number of rotatable bonds is 5. The summed E-state index contributed by atoms with van der Waals surface area (Å²) in [5, 5.41) is 3.19. The monoisotopic (exact) mass is 379 g/mol. The number of imidazole rings is 1. The van der Waals surface area contributed by atoms with Gasteiger partial charge in [0.25, 0.3) is 0 Å². The molecule has 0 radical (unpaired) electrons. The van der Waals surface area contributed by atoms with Crippen LogP contribution in [0, 0.1) is 12.8 Å². The minimum Gasteiger partial charge on any atom is -0.486 e. The van der Waals surface area contributed by atoms with E-state index in [1.165, 1.54) is 0 Å². The highest BCUT2D eigenvalue weighted by molar-refractivity contribution is 5.81. The Hall–Kier alpha value is -3.02. The maximum atomic E-state index is 12.9. The summed E-state index contributed by atoms with van der Waals surface area (Å²) in [6.45, 7) is 7.46. The number of hydrogen-bond donors (Lipinski definition) is 1. The van der Waals surface area contributed by atoms with Gasteiger partial charge in [0.2, 0.25) is 5.91 Å². The normalized spacial score (nSPS) is 14.3. The standard InChI is InChI=1S/C22H25N3O3/c1-14(2)22(16-8-9-19-20(12-16)28-11-10-27-19)24-21(26)13-25-15(3)23-17-6-4-5-7-18(17)25/h4-9,12,14,22H,10-11,13H2,1-3H3,(H,24,26)/t22-/m0/s1. The Morgan fingerprint density at radius 2 is 1.89 bits per heavy atom. The van der Waals surface area contributed by atoms with E-state index in [1.807, 2.05) is 54.0 Å². The molecular formula is C22H25N3O3. The molecule has 146 valence electrons. The summed E-state index contributed by atoms with van der Waals surface area (Å²) >= 11 is 0. The van der Waals surface area contributed by atoms with Crippen molar-refractivity contribution in [3.8, 4) is 11.5 Å². The van der Waals surface area contributed by atoms with Crippen LogP contribution in [0.4, 0.5) is 0 Å². The number of hydrogen-bond acceptors (Lipinski definition) is 4. The third-order valence-electron chi connectivity index (χ3n) is 5.06. The molecule has 6 heteroatoms. The second-order valence-corrected chi connectivity index (χ2v) is 7.43. The quantitative estimate of drug-likeness (QED) is 0.735. The Labute approximate surface area is 164 Å². The molecule has 6 nitrogen and oxygen atoms in total. The summed E-state index contributed by atoms with van der Waals surface area (Å²) in [4.78, 5) is 17.4. The first-order valence-corrected chi connectivity index (χ1v) is 9.63. The van der Waals surface area contributed by atoms with Crippen LogP contribution in [0.5, 0.6) is 11.5 Å². The van der Waals surface area contributed by atoms with Crippen molar-refractivity contribution in [1.29, 1.82) is 0 Å². The fraction of sp³-hybridized carbons (Fsp3) is 0.364. The predicted molar refractivity (Wildman–Crippen MR) is 108 cm³/mol. The smallest absolute Gasteiger partial charge is 0.240 e. The fourth-order valence-corrected chi connectivity index (χ4v) is 3.65. The Kier molecular flexibility index (Phi) is 4.94. The average molecular weight is 379 g/mol. The summed E-state index contributed by atoms with van der Waals surface area (Å²) in [5.41, 5.74) is 2.88. The van der Waals surface area contributed by atoms with Gasteiger partial charge in [0, 0.05) is 0 Å². The van der Waals surface area contributed by atoms with Gasteiger partial charge in [-0.05, 0) is 42.7 Å². The average Bonchev–Trinajstić information content (AvgIpc) is 3.01. The SMILES string of the molecule is Cc1nc2ccccc2n1CC(=O)N[C@H](c1ccc2c(c1)OCCO2)C(C)C. The first kappa shape index (κ1) is 18.3. The number of carbonyl (C=O) groups is 1. The van der Waals surface area contributed by atoms with Gasteiger partial charge in [0.15, 0.2) is 11.5 Å². The molecule has 1 amide bonds. The van der Waals surface area contributed by atoms with Crippen molar-refractivity contribution >= 4 is 16.9 Å². The molecular weight excluding hydrogens is 354 g/mol. The van der Waals surface area contributed by atoms with Gasteiger partial charge in [-0.2, -0.15) is 0 Å². The molecule has 0 bridgehead atoms. The topological polar surface area (TPSA) is 65.4 Å². The van der Waals surface area contributed by atoms with Crippen LogP contribution in [0.25, 0.3) is 11.0 Å². The number of fused-ring (bicyclic) bond motifs is 2. The van der Waals surface area contributed by atoms with E-state index in [2.05, 4.69) is 24.1 Å². The number of benzene rings is 2. The predicted octanol–water partition coefficient (Wildman–Crippen LogP) is 3.63. The lowest BCUT2D eigenvalue weighted by atomic mass is 9.95. The van der Waals surface area contributed by atoms with Gasteiger partial charge in [0.1, 0.15) is 25.6 Å². The van der Waals surface area contributed by atoms with Crippen LogP contribution in [0.3, 0.4) is 0 Å². The minimum atomic E-state index is -0.113. The van der Waals surface area contributed by atoms with Crippen molar-refractivity contribution in [2.24, 2.45) is 5.92 Å². The van der Waals surface area contributed by atoms with Crippen molar-refractivity contribution in [1.82, 2.24) is 14.9 Å². The molecule has 1 aromatic heterocycles. The van der Waals surface area contributed by atoms with Crippen LogP contribution in [-0.4, -0.2) is 28.7 Å². The summed E-state index contributed by atoms with van der Waals surface area (Å²) < 4.78 is 13.2. The van der Waals surface area contributed by atoms with Gasteiger partial charge in [-0.1, -0.05) is 32.0 Å². The summed E-state index contributed by atoms with van der Waals surface area (Å²) in [5.74, 6) is 2.51. The molecule has 0 saturated heterocycles. The van der Waals surface area contributed by atoms with E-state index in [0.29, 0.717) is 13.2 Å². The third kappa shape index (κ3) is 3.54. The molecule has 2 aromatic carbocycles. The zero-order chi connectivity index (χ0) is 19.7. The van der Waals surface area contributed by atoms with Crippen molar-refractivity contribution in [3.05, 3.63) is 53.9 Å². The lowest BCUT2D eigenvalue weighted by Gasteiger charge is -2.25. The fourth-order valence-electron chi connectivity index (χ4n) is 3.65. The number of aryl methyl sites for hydroxylation is 1. The van der Waals surface area contributed by atoms with Gasteiger partial charge in [-0.15, -0.1) is 0 Å². The second-order valence-electron chi connectivity index (χ2n) is 7.43. The molecule has 0 fully saturated rings. The molecule has 1 aliphatic rings. The van der Waals surface area contributed by atoms with E-state index >= 15 is 0 Å². The van der Waals surface area contributed by atoms with Crippen LogP contribution in [0.1, 0.15) is 31.3 Å². The highest BCUT2D eigenvalue weighted by Gasteiger charge is 2.22. The van der Waals surface area contributed by atoms with Gasteiger partial charge in [0.05, 0.1) is 17.1 Å². The molecule has 0 saturated carbocycles. The van der Waals surface area contributed by atoms with Crippen molar-refractivity contribution in [2.45, 2.75) is 33.4 Å². The highest BCUT2D eigenvalue weighted by atomic mass is 16.6. The lowest BCUT2D eigenvalue weighted by Crippen LogP contribution is -2.34. The van der Waals surface area contributed by atoms with E-state index < -0.39 is 0 Å². The first-order chi connectivity index (χ1) is 13.5. The summed E-state index contributed by atoms with van der Waals surface area (Å²) in [7, 11) is 0. The van der Waals surface area contributed by atoms with Crippen LogP contribution >= 0.6 is 0 Å². The molecule has 0 spiro atoms. The highest BCUT2D eigenvalue weighted by Crippen LogP contribution is 2.34. The van der Waals surface area contributed by atoms with Crippen molar-refractivity contribution in [3.63, 3.8) is 0 Å². The van der Waals surface area contributed by atoms with E-state index in [-0.39, 0.29) is 24.4 Å².